The lowest BCUT2D eigenvalue weighted by Crippen LogP contribution is -2.22. The molecule has 112 valence electrons. The quantitative estimate of drug-likeness (QED) is 0.838. The average molecular weight is 278 g/mol. The second-order valence-corrected chi connectivity index (χ2v) is 5.86. The van der Waals surface area contributed by atoms with Gasteiger partial charge in [0, 0.05) is 0 Å². The van der Waals surface area contributed by atoms with E-state index < -0.39 is 6.10 Å². The van der Waals surface area contributed by atoms with Gasteiger partial charge in [-0.3, -0.25) is 0 Å². The number of benzene rings is 1. The van der Waals surface area contributed by atoms with E-state index in [-0.39, 0.29) is 6.10 Å². The van der Waals surface area contributed by atoms with Crippen LogP contribution in [0.1, 0.15) is 57.1 Å². The first-order valence-corrected chi connectivity index (χ1v) is 7.78. The normalized spacial score (nSPS) is 24.4. The average Bonchev–Trinajstić information content (AvgIpc) is 2.47. The molecule has 0 aromatic heterocycles. The molecule has 1 unspecified atom stereocenters. The molecule has 3 heteroatoms. The summed E-state index contributed by atoms with van der Waals surface area (Å²) < 4.78 is 5.86. The predicted octanol–water partition coefficient (Wildman–Crippen LogP) is 3.45. The second kappa shape index (κ2) is 7.65. The van der Waals surface area contributed by atoms with E-state index in [1.54, 1.807) is 0 Å². The van der Waals surface area contributed by atoms with Crippen molar-refractivity contribution >= 4 is 0 Å². The van der Waals surface area contributed by atoms with Crippen molar-refractivity contribution in [3.8, 4) is 5.75 Å². The van der Waals surface area contributed by atoms with Crippen molar-refractivity contribution in [2.45, 2.75) is 57.7 Å². The highest BCUT2D eigenvalue weighted by molar-refractivity contribution is 5.29. The van der Waals surface area contributed by atoms with Crippen LogP contribution in [0, 0.1) is 5.92 Å². The van der Waals surface area contributed by atoms with Crippen molar-refractivity contribution in [2.75, 3.05) is 6.61 Å². The Morgan fingerprint density at radius 2 is 2.00 bits per heavy atom. The molecule has 0 aliphatic heterocycles. The SMILES string of the molecule is CCCC(O)c1cccc(OCC2CCC(O)CC2)c1. The minimum absolute atomic E-state index is 0.112. The summed E-state index contributed by atoms with van der Waals surface area (Å²) in [5.74, 6) is 1.38. The maximum Gasteiger partial charge on any atom is 0.119 e. The van der Waals surface area contributed by atoms with Gasteiger partial charge in [0.25, 0.3) is 0 Å². The fourth-order valence-corrected chi connectivity index (χ4v) is 2.78. The topological polar surface area (TPSA) is 49.7 Å². The van der Waals surface area contributed by atoms with Gasteiger partial charge < -0.3 is 14.9 Å². The molecule has 1 atom stereocenters. The van der Waals surface area contributed by atoms with Crippen LogP contribution in [0.5, 0.6) is 5.75 Å². The molecule has 0 spiro atoms. The summed E-state index contributed by atoms with van der Waals surface area (Å²) in [6.45, 7) is 2.78. The molecule has 1 aromatic rings. The van der Waals surface area contributed by atoms with Crippen molar-refractivity contribution in [2.24, 2.45) is 5.92 Å². The standard InChI is InChI=1S/C17H26O3/c1-2-4-17(19)14-5-3-6-16(11-14)20-12-13-7-9-15(18)10-8-13/h3,5-6,11,13,15,17-19H,2,4,7-10,12H2,1H3. The van der Waals surface area contributed by atoms with Gasteiger partial charge in [-0.1, -0.05) is 25.5 Å². The van der Waals surface area contributed by atoms with Crippen molar-refractivity contribution in [3.63, 3.8) is 0 Å². The molecule has 0 radical (unpaired) electrons. The summed E-state index contributed by atoms with van der Waals surface area (Å²) >= 11 is 0. The van der Waals surface area contributed by atoms with Gasteiger partial charge in [-0.15, -0.1) is 0 Å². The van der Waals surface area contributed by atoms with Crippen LogP contribution in [0.15, 0.2) is 24.3 Å². The molecule has 20 heavy (non-hydrogen) atoms. The van der Waals surface area contributed by atoms with Crippen LogP contribution in [0.4, 0.5) is 0 Å². The molecule has 1 fully saturated rings. The first kappa shape index (κ1) is 15.3. The van der Waals surface area contributed by atoms with Crippen molar-refractivity contribution < 1.29 is 14.9 Å². The molecular formula is C17H26O3. The maximum atomic E-state index is 10.0. The summed E-state index contributed by atoms with van der Waals surface area (Å²) in [6, 6.07) is 7.77. The van der Waals surface area contributed by atoms with Gasteiger partial charge in [-0.25, -0.2) is 0 Å². The monoisotopic (exact) mass is 278 g/mol. The number of aliphatic hydroxyl groups excluding tert-OH is 2. The highest BCUT2D eigenvalue weighted by Crippen LogP contribution is 2.26. The molecule has 3 nitrogen and oxygen atoms in total. The second-order valence-electron chi connectivity index (χ2n) is 5.86. The van der Waals surface area contributed by atoms with E-state index in [0.29, 0.717) is 12.5 Å². The fourth-order valence-electron chi connectivity index (χ4n) is 2.78. The Labute approximate surface area is 121 Å². The van der Waals surface area contributed by atoms with Crippen LogP contribution in [0.3, 0.4) is 0 Å². The Hall–Kier alpha value is -1.06. The van der Waals surface area contributed by atoms with Gasteiger partial charge in [0.1, 0.15) is 5.75 Å². The molecule has 2 N–H and O–H groups in total. The maximum absolute atomic E-state index is 10.0. The van der Waals surface area contributed by atoms with E-state index in [9.17, 15) is 10.2 Å². The first-order valence-electron chi connectivity index (χ1n) is 7.78. The Bertz CT molecular complexity index is 397. The third kappa shape index (κ3) is 4.50. The summed E-state index contributed by atoms with van der Waals surface area (Å²) in [7, 11) is 0. The largest absolute Gasteiger partial charge is 0.493 e. The van der Waals surface area contributed by atoms with Crippen LogP contribution >= 0.6 is 0 Å². The van der Waals surface area contributed by atoms with E-state index in [1.165, 1.54) is 0 Å². The third-order valence-electron chi connectivity index (χ3n) is 4.11. The molecule has 0 bridgehead atoms. The van der Waals surface area contributed by atoms with Gasteiger partial charge in [-0.05, 0) is 55.7 Å². The van der Waals surface area contributed by atoms with Crippen molar-refractivity contribution in [3.05, 3.63) is 29.8 Å². The molecule has 1 aromatic carbocycles. The van der Waals surface area contributed by atoms with E-state index in [2.05, 4.69) is 6.92 Å². The Morgan fingerprint density at radius 1 is 1.25 bits per heavy atom. The predicted molar refractivity (Wildman–Crippen MR) is 79.8 cm³/mol. The van der Waals surface area contributed by atoms with Crippen LogP contribution in [0.25, 0.3) is 0 Å². The number of aliphatic hydroxyl groups is 2. The summed E-state index contributed by atoms with van der Waals surface area (Å²) in [5, 5.41) is 19.5. The molecule has 2 rings (SSSR count). The van der Waals surface area contributed by atoms with E-state index >= 15 is 0 Å². The zero-order chi connectivity index (χ0) is 14.4. The molecule has 0 amide bonds. The van der Waals surface area contributed by atoms with Crippen molar-refractivity contribution in [1.82, 2.24) is 0 Å². The lowest BCUT2D eigenvalue weighted by Gasteiger charge is -2.25. The fraction of sp³-hybridized carbons (Fsp3) is 0.647. The van der Waals surface area contributed by atoms with Gasteiger partial charge in [0.05, 0.1) is 18.8 Å². The Kier molecular flexibility index (Phi) is 5.86. The number of ether oxygens (including phenoxy) is 1. The highest BCUT2D eigenvalue weighted by Gasteiger charge is 2.19. The van der Waals surface area contributed by atoms with Gasteiger partial charge in [0.2, 0.25) is 0 Å². The molecule has 0 saturated heterocycles. The smallest absolute Gasteiger partial charge is 0.119 e. The highest BCUT2D eigenvalue weighted by atomic mass is 16.5. The first-order chi connectivity index (χ1) is 9.69. The number of hydrogen-bond acceptors (Lipinski definition) is 3. The Morgan fingerprint density at radius 3 is 2.70 bits per heavy atom. The van der Waals surface area contributed by atoms with E-state index in [1.807, 2.05) is 24.3 Å². The summed E-state index contributed by atoms with van der Waals surface area (Å²) in [5.41, 5.74) is 0.934. The van der Waals surface area contributed by atoms with Gasteiger partial charge >= 0.3 is 0 Å². The number of rotatable bonds is 6. The lowest BCUT2D eigenvalue weighted by molar-refractivity contribution is 0.0916. The van der Waals surface area contributed by atoms with Gasteiger partial charge in [-0.2, -0.15) is 0 Å². The van der Waals surface area contributed by atoms with Gasteiger partial charge in [0.15, 0.2) is 0 Å². The zero-order valence-electron chi connectivity index (χ0n) is 12.3. The molecule has 1 aliphatic carbocycles. The minimum atomic E-state index is -0.395. The summed E-state index contributed by atoms with van der Waals surface area (Å²) in [6.07, 6.45) is 5.11. The molecular weight excluding hydrogens is 252 g/mol. The summed E-state index contributed by atoms with van der Waals surface area (Å²) in [4.78, 5) is 0. The Balaban J connectivity index is 1.85. The van der Waals surface area contributed by atoms with Crippen LogP contribution in [-0.2, 0) is 0 Å². The van der Waals surface area contributed by atoms with E-state index in [0.717, 1.165) is 49.8 Å². The molecule has 1 saturated carbocycles. The molecule has 1 aliphatic rings. The van der Waals surface area contributed by atoms with Crippen LogP contribution in [-0.4, -0.2) is 22.9 Å². The zero-order valence-corrected chi connectivity index (χ0v) is 12.3. The molecule has 0 heterocycles. The number of hydrogen-bond donors (Lipinski definition) is 2. The van der Waals surface area contributed by atoms with Crippen LogP contribution < -0.4 is 4.74 Å². The minimum Gasteiger partial charge on any atom is -0.493 e. The third-order valence-corrected chi connectivity index (χ3v) is 4.11. The van der Waals surface area contributed by atoms with Crippen LogP contribution in [0.2, 0.25) is 0 Å². The van der Waals surface area contributed by atoms with Crippen molar-refractivity contribution in [1.29, 1.82) is 0 Å². The lowest BCUT2D eigenvalue weighted by atomic mass is 9.88. The van der Waals surface area contributed by atoms with E-state index in [4.69, 9.17) is 4.74 Å².